The lowest BCUT2D eigenvalue weighted by atomic mass is 10.3. The molecule has 0 saturated heterocycles. The number of rotatable bonds is 4. The molecule has 106 valence electrons. The van der Waals surface area contributed by atoms with Gasteiger partial charge in [0.25, 0.3) is 0 Å². The van der Waals surface area contributed by atoms with E-state index in [1.54, 1.807) is 13.3 Å². The van der Waals surface area contributed by atoms with Gasteiger partial charge in [0.05, 0.1) is 7.11 Å². The van der Waals surface area contributed by atoms with Crippen LogP contribution in [0.2, 0.25) is 0 Å². The van der Waals surface area contributed by atoms with E-state index >= 15 is 0 Å². The number of nitrogens with one attached hydrogen (secondary N) is 1. The molecule has 2 aromatic heterocycles. The molecule has 0 aliphatic heterocycles. The number of methoxy groups -OCH3 is 1. The third kappa shape index (κ3) is 2.76. The topological polar surface area (TPSA) is 90.9 Å². The minimum Gasteiger partial charge on any atom is -0.497 e. The lowest BCUT2D eigenvalue weighted by molar-refractivity contribution is 0.415. The molecule has 3 rings (SSSR count). The van der Waals surface area contributed by atoms with Crippen LogP contribution in [-0.4, -0.2) is 26.9 Å². The van der Waals surface area contributed by atoms with Gasteiger partial charge in [-0.2, -0.15) is 9.67 Å². The molecular weight excluding hydrogens is 268 g/mol. The minimum atomic E-state index is 0.268. The SMILES string of the molecule is COc1ccc(Nc2nc(N)n(-c3ccccn3)n2)cc1. The summed E-state index contributed by atoms with van der Waals surface area (Å²) >= 11 is 0. The van der Waals surface area contributed by atoms with Gasteiger partial charge in [0.15, 0.2) is 5.82 Å². The van der Waals surface area contributed by atoms with Crippen LogP contribution < -0.4 is 15.8 Å². The van der Waals surface area contributed by atoms with Crippen molar-refractivity contribution in [3.63, 3.8) is 0 Å². The highest BCUT2D eigenvalue weighted by atomic mass is 16.5. The Morgan fingerprint density at radius 1 is 1.14 bits per heavy atom. The van der Waals surface area contributed by atoms with Crippen molar-refractivity contribution in [2.24, 2.45) is 0 Å². The van der Waals surface area contributed by atoms with Gasteiger partial charge >= 0.3 is 0 Å². The van der Waals surface area contributed by atoms with E-state index in [1.807, 2.05) is 42.5 Å². The molecular formula is C14H14N6O. The predicted molar refractivity (Wildman–Crippen MR) is 79.8 cm³/mol. The Morgan fingerprint density at radius 2 is 1.95 bits per heavy atom. The van der Waals surface area contributed by atoms with Crippen molar-refractivity contribution < 1.29 is 4.74 Å². The first-order valence-corrected chi connectivity index (χ1v) is 6.31. The quantitative estimate of drug-likeness (QED) is 0.760. The normalized spacial score (nSPS) is 10.3. The number of hydrogen-bond donors (Lipinski definition) is 2. The van der Waals surface area contributed by atoms with Crippen molar-refractivity contribution in [3.05, 3.63) is 48.7 Å². The molecule has 0 unspecified atom stereocenters. The monoisotopic (exact) mass is 282 g/mol. The van der Waals surface area contributed by atoms with E-state index in [2.05, 4.69) is 20.4 Å². The lowest BCUT2D eigenvalue weighted by Crippen LogP contribution is -2.04. The molecule has 7 heteroatoms. The number of hydrogen-bond acceptors (Lipinski definition) is 6. The average molecular weight is 282 g/mol. The van der Waals surface area contributed by atoms with Gasteiger partial charge in [-0.05, 0) is 36.4 Å². The van der Waals surface area contributed by atoms with Gasteiger partial charge in [-0.1, -0.05) is 6.07 Å². The van der Waals surface area contributed by atoms with Gasteiger partial charge in [0.2, 0.25) is 11.9 Å². The molecule has 1 aromatic carbocycles. The Labute approximate surface area is 121 Å². The Bertz CT molecular complexity index is 723. The summed E-state index contributed by atoms with van der Waals surface area (Å²) in [6, 6.07) is 12.9. The van der Waals surface area contributed by atoms with Gasteiger partial charge in [-0.25, -0.2) is 4.98 Å². The zero-order valence-electron chi connectivity index (χ0n) is 11.4. The number of aromatic nitrogens is 4. The molecule has 2 heterocycles. The van der Waals surface area contributed by atoms with Crippen LogP contribution in [0.3, 0.4) is 0 Å². The summed E-state index contributed by atoms with van der Waals surface area (Å²) in [5.41, 5.74) is 6.70. The maximum absolute atomic E-state index is 5.86. The first-order chi connectivity index (χ1) is 10.3. The van der Waals surface area contributed by atoms with Gasteiger partial charge in [-0.3, -0.25) is 0 Å². The van der Waals surface area contributed by atoms with Crippen LogP contribution in [-0.2, 0) is 0 Å². The van der Waals surface area contributed by atoms with Crippen molar-refractivity contribution >= 4 is 17.6 Å². The molecule has 3 aromatic rings. The molecule has 0 bridgehead atoms. The van der Waals surface area contributed by atoms with E-state index in [9.17, 15) is 0 Å². The number of pyridine rings is 1. The summed E-state index contributed by atoms with van der Waals surface area (Å²) in [4.78, 5) is 8.36. The van der Waals surface area contributed by atoms with Crippen molar-refractivity contribution in [1.29, 1.82) is 0 Å². The van der Waals surface area contributed by atoms with E-state index in [4.69, 9.17) is 10.5 Å². The van der Waals surface area contributed by atoms with Crippen LogP contribution in [0.15, 0.2) is 48.7 Å². The zero-order chi connectivity index (χ0) is 14.7. The van der Waals surface area contributed by atoms with Crippen LogP contribution in [0.4, 0.5) is 17.6 Å². The third-order valence-corrected chi connectivity index (χ3v) is 2.84. The second kappa shape index (κ2) is 5.49. The van der Waals surface area contributed by atoms with E-state index in [-0.39, 0.29) is 5.95 Å². The second-order valence-electron chi connectivity index (χ2n) is 4.25. The van der Waals surface area contributed by atoms with Crippen LogP contribution in [0, 0.1) is 0 Å². The summed E-state index contributed by atoms with van der Waals surface area (Å²) in [6.07, 6.45) is 1.67. The van der Waals surface area contributed by atoms with E-state index in [0.29, 0.717) is 11.8 Å². The second-order valence-corrected chi connectivity index (χ2v) is 4.25. The highest BCUT2D eigenvalue weighted by molar-refractivity contribution is 5.55. The molecule has 0 amide bonds. The van der Waals surface area contributed by atoms with Gasteiger partial charge in [0.1, 0.15) is 5.75 Å². The van der Waals surface area contributed by atoms with Crippen LogP contribution in [0.25, 0.3) is 5.82 Å². The third-order valence-electron chi connectivity index (χ3n) is 2.84. The van der Waals surface area contributed by atoms with Gasteiger partial charge in [-0.15, -0.1) is 5.10 Å². The fourth-order valence-corrected chi connectivity index (χ4v) is 1.83. The summed E-state index contributed by atoms with van der Waals surface area (Å²) in [5.74, 6) is 2.07. The molecule has 0 aliphatic carbocycles. The Kier molecular flexibility index (Phi) is 3.38. The highest BCUT2D eigenvalue weighted by Crippen LogP contribution is 2.19. The smallest absolute Gasteiger partial charge is 0.248 e. The van der Waals surface area contributed by atoms with Crippen molar-refractivity contribution in [2.45, 2.75) is 0 Å². The summed E-state index contributed by atoms with van der Waals surface area (Å²) in [7, 11) is 1.62. The van der Waals surface area contributed by atoms with E-state index < -0.39 is 0 Å². The van der Waals surface area contributed by atoms with Crippen LogP contribution >= 0.6 is 0 Å². The van der Waals surface area contributed by atoms with Crippen LogP contribution in [0.1, 0.15) is 0 Å². The molecule has 0 fully saturated rings. The highest BCUT2D eigenvalue weighted by Gasteiger charge is 2.09. The molecule has 0 aliphatic rings. The number of nitrogens with two attached hydrogens (primary N) is 1. The van der Waals surface area contributed by atoms with E-state index in [0.717, 1.165) is 11.4 Å². The average Bonchev–Trinajstić information content (AvgIpc) is 2.89. The molecule has 3 N–H and O–H groups in total. The largest absolute Gasteiger partial charge is 0.497 e. The molecule has 0 saturated carbocycles. The maximum atomic E-state index is 5.86. The van der Waals surface area contributed by atoms with Crippen molar-refractivity contribution in [2.75, 3.05) is 18.2 Å². The maximum Gasteiger partial charge on any atom is 0.248 e. The first-order valence-electron chi connectivity index (χ1n) is 6.31. The lowest BCUT2D eigenvalue weighted by Gasteiger charge is -2.03. The van der Waals surface area contributed by atoms with Gasteiger partial charge in [0, 0.05) is 11.9 Å². The Hall–Kier alpha value is -3.09. The minimum absolute atomic E-state index is 0.268. The fourth-order valence-electron chi connectivity index (χ4n) is 1.83. The summed E-state index contributed by atoms with van der Waals surface area (Å²) in [5, 5.41) is 7.37. The molecule has 0 spiro atoms. The standard InChI is InChI=1S/C14H14N6O/c1-21-11-7-5-10(6-8-11)17-14-18-13(15)20(19-14)12-4-2-3-9-16-12/h2-9H,1H3,(H3,15,17,18,19). The summed E-state index contributed by atoms with van der Waals surface area (Å²) in [6.45, 7) is 0. The molecule has 21 heavy (non-hydrogen) atoms. The molecule has 0 atom stereocenters. The Morgan fingerprint density at radius 3 is 2.62 bits per heavy atom. The number of nitrogen functional groups attached to an aromatic ring is 1. The number of ether oxygens (including phenoxy) is 1. The van der Waals surface area contributed by atoms with E-state index in [1.165, 1.54) is 4.68 Å². The molecule has 7 nitrogen and oxygen atoms in total. The molecule has 0 radical (unpaired) electrons. The Balaban J connectivity index is 1.83. The zero-order valence-corrected chi connectivity index (χ0v) is 11.4. The predicted octanol–water partition coefficient (Wildman–Crippen LogP) is 2.00. The fraction of sp³-hybridized carbons (Fsp3) is 0.0714. The number of nitrogens with zero attached hydrogens (tertiary/aromatic N) is 4. The number of anilines is 3. The first kappa shape index (κ1) is 12.9. The van der Waals surface area contributed by atoms with Crippen molar-refractivity contribution in [3.8, 4) is 11.6 Å². The number of benzene rings is 1. The van der Waals surface area contributed by atoms with Crippen molar-refractivity contribution in [1.82, 2.24) is 19.7 Å². The van der Waals surface area contributed by atoms with Gasteiger partial charge < -0.3 is 15.8 Å². The summed E-state index contributed by atoms with van der Waals surface area (Å²) < 4.78 is 6.59. The van der Waals surface area contributed by atoms with Crippen LogP contribution in [0.5, 0.6) is 5.75 Å².